The third kappa shape index (κ3) is 3.93. The van der Waals surface area contributed by atoms with Crippen LogP contribution in [0.25, 0.3) is 0 Å². The van der Waals surface area contributed by atoms with Gasteiger partial charge in [0.1, 0.15) is 11.3 Å². The summed E-state index contributed by atoms with van der Waals surface area (Å²) in [5.74, 6) is -3.85. The quantitative estimate of drug-likeness (QED) is 0.679. The molecule has 1 aromatic heterocycles. The molecule has 0 saturated carbocycles. The molecule has 28 heavy (non-hydrogen) atoms. The number of carboxylic acids is 1. The highest BCUT2D eigenvalue weighted by Gasteiger charge is 2.32. The summed E-state index contributed by atoms with van der Waals surface area (Å²) < 4.78 is 20.5. The molecule has 1 atom stereocenters. The third-order valence-electron chi connectivity index (χ3n) is 4.15. The van der Waals surface area contributed by atoms with E-state index in [1.807, 2.05) is 0 Å². The van der Waals surface area contributed by atoms with E-state index in [-0.39, 0.29) is 40.6 Å². The van der Waals surface area contributed by atoms with Crippen molar-refractivity contribution in [2.24, 2.45) is 0 Å². The van der Waals surface area contributed by atoms with E-state index >= 15 is 0 Å². The zero-order valence-electron chi connectivity index (χ0n) is 15.8. The summed E-state index contributed by atoms with van der Waals surface area (Å²) in [5.41, 5.74) is -0.926. The molecule has 0 aliphatic rings. The van der Waals surface area contributed by atoms with E-state index < -0.39 is 29.0 Å². The number of methoxy groups -OCH3 is 3. The van der Waals surface area contributed by atoms with Crippen LogP contribution in [0.2, 0.25) is 0 Å². The van der Waals surface area contributed by atoms with Crippen molar-refractivity contribution >= 4 is 11.9 Å². The molecular formula is C19H20O9. The van der Waals surface area contributed by atoms with Crippen LogP contribution in [-0.2, 0) is 9.53 Å². The topological polar surface area (TPSA) is 132 Å². The molecule has 9 heteroatoms. The number of hydrogen-bond acceptors (Lipinski definition) is 8. The molecule has 150 valence electrons. The summed E-state index contributed by atoms with van der Waals surface area (Å²) in [6, 6.07) is 3.94. The molecule has 0 fully saturated rings. The van der Waals surface area contributed by atoms with Gasteiger partial charge in [-0.2, -0.15) is 0 Å². The van der Waals surface area contributed by atoms with Crippen LogP contribution in [0.4, 0.5) is 0 Å². The number of benzene rings is 1. The van der Waals surface area contributed by atoms with Gasteiger partial charge in [-0.3, -0.25) is 9.59 Å². The Morgan fingerprint density at radius 1 is 1.18 bits per heavy atom. The second-order valence-electron chi connectivity index (χ2n) is 5.84. The fraction of sp³-hybridized carbons (Fsp3) is 0.316. The lowest BCUT2D eigenvalue weighted by molar-refractivity contribution is -0.141. The molecule has 0 amide bonds. The Morgan fingerprint density at radius 2 is 1.86 bits per heavy atom. The van der Waals surface area contributed by atoms with Gasteiger partial charge in [0, 0.05) is 6.07 Å². The van der Waals surface area contributed by atoms with Gasteiger partial charge in [0.15, 0.2) is 17.3 Å². The Bertz CT molecular complexity index is 959. The number of carbonyl (C=O) groups excluding carboxylic acids is 1. The molecule has 0 aliphatic carbocycles. The van der Waals surface area contributed by atoms with Gasteiger partial charge in [0.05, 0.1) is 33.7 Å². The van der Waals surface area contributed by atoms with Gasteiger partial charge in [-0.05, 0) is 18.6 Å². The number of ether oxygens (including phenoxy) is 3. The van der Waals surface area contributed by atoms with Crippen LogP contribution in [0.3, 0.4) is 0 Å². The molecule has 0 saturated heterocycles. The molecule has 1 heterocycles. The fourth-order valence-corrected chi connectivity index (χ4v) is 2.91. The van der Waals surface area contributed by atoms with E-state index in [4.69, 9.17) is 13.9 Å². The highest BCUT2D eigenvalue weighted by atomic mass is 16.5. The number of aromatic carboxylic acids is 1. The van der Waals surface area contributed by atoms with Gasteiger partial charge in [0.25, 0.3) is 0 Å². The first-order valence-corrected chi connectivity index (χ1v) is 8.13. The van der Waals surface area contributed by atoms with Gasteiger partial charge in [-0.1, -0.05) is 6.07 Å². The Balaban J connectivity index is 2.84. The number of aromatic hydroxyl groups is 1. The molecule has 1 aromatic carbocycles. The zero-order valence-corrected chi connectivity index (χ0v) is 15.8. The lowest BCUT2D eigenvalue weighted by atomic mass is 9.88. The maximum atomic E-state index is 12.0. The maximum absolute atomic E-state index is 12.0. The van der Waals surface area contributed by atoms with Crippen molar-refractivity contribution in [1.82, 2.24) is 0 Å². The average molecular weight is 392 g/mol. The summed E-state index contributed by atoms with van der Waals surface area (Å²) >= 11 is 0. The van der Waals surface area contributed by atoms with Crippen molar-refractivity contribution in [1.29, 1.82) is 0 Å². The molecule has 2 N–H and O–H groups in total. The highest BCUT2D eigenvalue weighted by molar-refractivity contribution is 5.94. The van der Waals surface area contributed by atoms with E-state index in [0.717, 1.165) is 6.07 Å². The number of carbonyl (C=O) groups is 2. The number of rotatable bonds is 7. The summed E-state index contributed by atoms with van der Waals surface area (Å²) in [5, 5.41) is 20.0. The van der Waals surface area contributed by atoms with Crippen LogP contribution in [0.15, 0.2) is 27.4 Å². The predicted molar refractivity (Wildman–Crippen MR) is 96.4 cm³/mol. The molecule has 9 nitrogen and oxygen atoms in total. The van der Waals surface area contributed by atoms with Crippen molar-refractivity contribution < 1.29 is 38.4 Å². The average Bonchev–Trinajstić information content (AvgIpc) is 2.67. The van der Waals surface area contributed by atoms with Crippen LogP contribution < -0.4 is 14.9 Å². The lowest BCUT2D eigenvalue weighted by Gasteiger charge is -2.21. The molecule has 0 bridgehead atoms. The van der Waals surface area contributed by atoms with E-state index in [9.17, 15) is 24.6 Å². The Labute approximate surface area is 160 Å². The molecule has 0 aliphatic heterocycles. The van der Waals surface area contributed by atoms with Gasteiger partial charge in [-0.25, -0.2) is 4.79 Å². The van der Waals surface area contributed by atoms with Crippen LogP contribution in [0.1, 0.15) is 39.8 Å². The maximum Gasteiger partial charge on any atom is 0.339 e. The van der Waals surface area contributed by atoms with Gasteiger partial charge >= 0.3 is 11.9 Å². The van der Waals surface area contributed by atoms with Crippen molar-refractivity contribution in [2.45, 2.75) is 19.3 Å². The smallest absolute Gasteiger partial charge is 0.339 e. The van der Waals surface area contributed by atoms with E-state index in [0.29, 0.717) is 0 Å². The minimum atomic E-state index is -1.35. The molecule has 2 rings (SSSR count). The standard InChI is InChI=1S/C19H20O9/c1-9-7-12(20)16(22)17(28-9)11(8-14(21)26-3)10-5-6-13(25-2)18(27-4)15(10)19(23)24/h5-7,11,22H,8H2,1-4H3,(H,23,24). The van der Waals surface area contributed by atoms with Crippen LogP contribution >= 0.6 is 0 Å². The Kier molecular flexibility index (Phi) is 6.29. The fourth-order valence-electron chi connectivity index (χ4n) is 2.91. The van der Waals surface area contributed by atoms with Crippen molar-refractivity contribution in [3.05, 3.63) is 51.1 Å². The number of carboxylic acid groups (broad SMARTS) is 1. The Morgan fingerprint density at radius 3 is 2.39 bits per heavy atom. The summed E-state index contributed by atoms with van der Waals surface area (Å²) in [4.78, 5) is 36.0. The minimum absolute atomic E-state index is 0.0724. The summed E-state index contributed by atoms with van der Waals surface area (Å²) in [6.07, 6.45) is -0.383. The second-order valence-corrected chi connectivity index (χ2v) is 5.84. The number of esters is 1. The van der Waals surface area contributed by atoms with Crippen molar-refractivity contribution in [2.75, 3.05) is 21.3 Å². The third-order valence-corrected chi connectivity index (χ3v) is 4.15. The summed E-state index contributed by atoms with van der Waals surface area (Å²) in [6.45, 7) is 1.49. The molecule has 0 radical (unpaired) electrons. The van der Waals surface area contributed by atoms with Gasteiger partial charge in [0.2, 0.25) is 11.2 Å². The first-order chi connectivity index (χ1) is 13.2. The van der Waals surface area contributed by atoms with E-state index in [1.54, 1.807) is 0 Å². The minimum Gasteiger partial charge on any atom is -0.502 e. The normalized spacial score (nSPS) is 11.6. The molecule has 2 aromatic rings. The second kappa shape index (κ2) is 8.47. The lowest BCUT2D eigenvalue weighted by Crippen LogP contribution is -2.17. The monoisotopic (exact) mass is 392 g/mol. The van der Waals surface area contributed by atoms with Gasteiger partial charge in [-0.15, -0.1) is 0 Å². The van der Waals surface area contributed by atoms with Gasteiger partial charge < -0.3 is 28.8 Å². The number of hydrogen-bond donors (Lipinski definition) is 2. The number of aryl methyl sites for hydroxylation is 1. The first-order valence-electron chi connectivity index (χ1n) is 8.13. The van der Waals surface area contributed by atoms with E-state index in [2.05, 4.69) is 4.74 Å². The Hall–Kier alpha value is -3.49. The summed E-state index contributed by atoms with van der Waals surface area (Å²) in [7, 11) is 3.78. The SMILES string of the molecule is COC(=O)CC(c1ccc(OC)c(OC)c1C(=O)O)c1oc(C)cc(=O)c1O. The van der Waals surface area contributed by atoms with Crippen LogP contribution in [0.5, 0.6) is 17.2 Å². The molecular weight excluding hydrogens is 372 g/mol. The van der Waals surface area contributed by atoms with E-state index in [1.165, 1.54) is 40.4 Å². The first kappa shape index (κ1) is 20.8. The molecule has 1 unspecified atom stereocenters. The highest BCUT2D eigenvalue weighted by Crippen LogP contribution is 2.41. The predicted octanol–water partition coefficient (Wildman–Crippen LogP) is 2.06. The van der Waals surface area contributed by atoms with Crippen molar-refractivity contribution in [3.63, 3.8) is 0 Å². The zero-order chi connectivity index (χ0) is 21.0. The van der Waals surface area contributed by atoms with Crippen LogP contribution in [-0.4, -0.2) is 43.5 Å². The molecule has 0 spiro atoms. The largest absolute Gasteiger partial charge is 0.502 e. The van der Waals surface area contributed by atoms with Crippen molar-refractivity contribution in [3.8, 4) is 17.2 Å². The van der Waals surface area contributed by atoms with Crippen LogP contribution in [0, 0.1) is 6.92 Å².